The van der Waals surface area contributed by atoms with E-state index in [4.69, 9.17) is 0 Å². The van der Waals surface area contributed by atoms with Gasteiger partial charge in [0, 0.05) is 19.3 Å². The molecule has 0 saturated carbocycles. The molecule has 1 aliphatic rings. The zero-order valence-corrected chi connectivity index (χ0v) is 16.2. The molecule has 2 aromatic rings. The van der Waals surface area contributed by atoms with Crippen LogP contribution in [0.15, 0.2) is 30.5 Å². The van der Waals surface area contributed by atoms with Crippen molar-refractivity contribution in [3.05, 3.63) is 58.7 Å². The number of hydrogen-bond donors (Lipinski definition) is 0. The second-order valence-corrected chi connectivity index (χ2v) is 7.41. The van der Waals surface area contributed by atoms with Gasteiger partial charge in [-0.15, -0.1) is 0 Å². The number of aryl methyl sites for hydroxylation is 2. The van der Waals surface area contributed by atoms with Crippen molar-refractivity contribution in [3.63, 3.8) is 0 Å². The summed E-state index contributed by atoms with van der Waals surface area (Å²) in [6, 6.07) is 8.83. The fourth-order valence-corrected chi connectivity index (χ4v) is 3.68. The molecule has 1 amide bonds. The van der Waals surface area contributed by atoms with Gasteiger partial charge in [-0.1, -0.05) is 24.3 Å². The number of nitrogens with zero attached hydrogens (tertiary/aromatic N) is 4. The Bertz CT molecular complexity index is 770. The largest absolute Gasteiger partial charge is 0.332 e. The molecule has 0 radical (unpaired) electrons. The van der Waals surface area contributed by atoms with Gasteiger partial charge in [0.05, 0.1) is 17.3 Å². The van der Waals surface area contributed by atoms with Gasteiger partial charge in [0.2, 0.25) is 0 Å². The first-order chi connectivity index (χ1) is 12.5. The van der Waals surface area contributed by atoms with Crippen molar-refractivity contribution in [2.24, 2.45) is 0 Å². The van der Waals surface area contributed by atoms with Crippen LogP contribution in [0.1, 0.15) is 58.3 Å². The van der Waals surface area contributed by atoms with Gasteiger partial charge in [-0.25, -0.2) is 9.97 Å². The molecular formula is C21H28N4O. The van der Waals surface area contributed by atoms with Crippen molar-refractivity contribution in [3.8, 4) is 0 Å². The van der Waals surface area contributed by atoms with Crippen molar-refractivity contribution >= 4 is 5.91 Å². The lowest BCUT2D eigenvalue weighted by molar-refractivity contribution is 0.0609. The Balaban J connectivity index is 1.84. The number of aromatic nitrogens is 2. The first-order valence-electron chi connectivity index (χ1n) is 9.30. The molecule has 138 valence electrons. The third-order valence-corrected chi connectivity index (χ3v) is 4.96. The van der Waals surface area contributed by atoms with Gasteiger partial charge < -0.3 is 9.80 Å². The molecule has 1 unspecified atom stereocenters. The summed E-state index contributed by atoms with van der Waals surface area (Å²) < 4.78 is 0. The topological polar surface area (TPSA) is 49.3 Å². The summed E-state index contributed by atoms with van der Waals surface area (Å²) in [5, 5.41) is 0. The van der Waals surface area contributed by atoms with Gasteiger partial charge in [0.1, 0.15) is 5.82 Å². The molecule has 0 bridgehead atoms. The highest BCUT2D eigenvalue weighted by molar-refractivity contribution is 5.95. The quantitative estimate of drug-likeness (QED) is 0.845. The number of carbonyl (C=O) groups is 1. The highest BCUT2D eigenvalue weighted by atomic mass is 16.2. The summed E-state index contributed by atoms with van der Waals surface area (Å²) in [5.41, 5.74) is 3.88. The highest BCUT2D eigenvalue weighted by Crippen LogP contribution is 2.32. The molecule has 0 aliphatic carbocycles. The van der Waals surface area contributed by atoms with Crippen molar-refractivity contribution in [2.45, 2.75) is 45.7 Å². The molecular weight excluding hydrogens is 324 g/mol. The molecule has 1 fully saturated rings. The summed E-state index contributed by atoms with van der Waals surface area (Å²) in [4.78, 5) is 25.9. The molecule has 3 rings (SSSR count). The maximum Gasteiger partial charge on any atom is 0.257 e. The zero-order chi connectivity index (χ0) is 18.7. The van der Waals surface area contributed by atoms with E-state index in [0.717, 1.165) is 38.0 Å². The predicted molar refractivity (Wildman–Crippen MR) is 103 cm³/mol. The number of benzene rings is 1. The number of rotatable bonds is 4. The number of hydrogen-bond acceptors (Lipinski definition) is 4. The molecule has 1 aliphatic heterocycles. The standard InChI is InChI=1S/C21H28N4O/c1-15-19(13-22-16(2)23-15)21(26)25-12-6-5-7-20(25)18-10-8-17(9-11-18)14-24(3)4/h8-11,13,20H,5-7,12,14H2,1-4H3. The molecule has 5 nitrogen and oxygen atoms in total. The SMILES string of the molecule is Cc1ncc(C(=O)N2CCCCC2c2ccc(CN(C)C)cc2)c(C)n1. The average Bonchev–Trinajstić information content (AvgIpc) is 2.61. The minimum atomic E-state index is 0.0459. The predicted octanol–water partition coefficient (Wildman–Crippen LogP) is 3.52. The minimum absolute atomic E-state index is 0.0459. The van der Waals surface area contributed by atoms with E-state index in [9.17, 15) is 4.79 Å². The summed E-state index contributed by atoms with van der Waals surface area (Å²) in [7, 11) is 4.14. The molecule has 0 N–H and O–H groups in total. The van der Waals surface area contributed by atoms with Gasteiger partial charge in [0.25, 0.3) is 5.91 Å². The van der Waals surface area contributed by atoms with Crippen molar-refractivity contribution in [2.75, 3.05) is 20.6 Å². The van der Waals surface area contributed by atoms with E-state index >= 15 is 0 Å². The van der Waals surface area contributed by atoms with E-state index < -0.39 is 0 Å². The van der Waals surface area contributed by atoms with E-state index in [0.29, 0.717) is 11.4 Å². The number of likely N-dealkylation sites (tertiary alicyclic amines) is 1. The van der Waals surface area contributed by atoms with Crippen LogP contribution in [0.4, 0.5) is 0 Å². The smallest absolute Gasteiger partial charge is 0.257 e. The van der Waals surface area contributed by atoms with Crippen LogP contribution in [0.25, 0.3) is 0 Å². The van der Waals surface area contributed by atoms with Crippen molar-refractivity contribution in [1.29, 1.82) is 0 Å². The van der Waals surface area contributed by atoms with Crippen LogP contribution >= 0.6 is 0 Å². The van der Waals surface area contributed by atoms with Gasteiger partial charge >= 0.3 is 0 Å². The Labute approximate surface area is 156 Å². The Hall–Kier alpha value is -2.27. The maximum atomic E-state index is 13.2. The molecule has 5 heteroatoms. The Morgan fingerprint density at radius 2 is 1.92 bits per heavy atom. The van der Waals surface area contributed by atoms with Crippen LogP contribution in [0.3, 0.4) is 0 Å². The lowest BCUT2D eigenvalue weighted by Gasteiger charge is -2.36. The third-order valence-electron chi connectivity index (χ3n) is 4.96. The first kappa shape index (κ1) is 18.5. The second-order valence-electron chi connectivity index (χ2n) is 7.41. The lowest BCUT2D eigenvalue weighted by atomic mass is 9.93. The van der Waals surface area contributed by atoms with Gasteiger partial charge in [-0.2, -0.15) is 0 Å². The maximum absolute atomic E-state index is 13.2. The summed E-state index contributed by atoms with van der Waals surface area (Å²) >= 11 is 0. The highest BCUT2D eigenvalue weighted by Gasteiger charge is 2.29. The van der Waals surface area contributed by atoms with Crippen molar-refractivity contribution in [1.82, 2.24) is 19.8 Å². The van der Waals surface area contributed by atoms with Gasteiger partial charge in [0.15, 0.2) is 0 Å². The fraction of sp³-hybridized carbons (Fsp3) is 0.476. The number of carbonyl (C=O) groups excluding carboxylic acids is 1. The van der Waals surface area contributed by atoms with Crippen LogP contribution in [0, 0.1) is 13.8 Å². The first-order valence-corrected chi connectivity index (χ1v) is 9.30. The van der Waals surface area contributed by atoms with Crippen LogP contribution in [0.2, 0.25) is 0 Å². The van der Waals surface area contributed by atoms with Gasteiger partial charge in [-0.3, -0.25) is 4.79 Å². The normalized spacial score (nSPS) is 17.6. The fourth-order valence-electron chi connectivity index (χ4n) is 3.68. The Kier molecular flexibility index (Phi) is 5.67. The summed E-state index contributed by atoms with van der Waals surface area (Å²) in [5.74, 6) is 0.746. The molecule has 0 spiro atoms. The zero-order valence-electron chi connectivity index (χ0n) is 16.2. The lowest BCUT2D eigenvalue weighted by Crippen LogP contribution is -2.39. The monoisotopic (exact) mass is 352 g/mol. The minimum Gasteiger partial charge on any atom is -0.332 e. The van der Waals surface area contributed by atoms with Crippen LogP contribution < -0.4 is 0 Å². The average molecular weight is 352 g/mol. The third kappa shape index (κ3) is 4.10. The molecule has 1 atom stereocenters. The van der Waals surface area contributed by atoms with E-state index in [2.05, 4.69) is 53.2 Å². The number of amides is 1. The van der Waals surface area contributed by atoms with Crippen LogP contribution in [-0.2, 0) is 6.54 Å². The van der Waals surface area contributed by atoms with Crippen molar-refractivity contribution < 1.29 is 4.79 Å². The summed E-state index contributed by atoms with van der Waals surface area (Å²) in [6.07, 6.45) is 4.88. The number of piperidine rings is 1. The van der Waals surface area contributed by atoms with Crippen LogP contribution in [-0.4, -0.2) is 46.3 Å². The van der Waals surface area contributed by atoms with E-state index in [-0.39, 0.29) is 11.9 Å². The van der Waals surface area contributed by atoms with E-state index in [1.165, 1.54) is 11.1 Å². The molecule has 2 heterocycles. The summed E-state index contributed by atoms with van der Waals surface area (Å²) in [6.45, 7) is 5.45. The molecule has 1 aromatic carbocycles. The van der Waals surface area contributed by atoms with E-state index in [1.54, 1.807) is 6.20 Å². The molecule has 1 aromatic heterocycles. The van der Waals surface area contributed by atoms with E-state index in [1.807, 2.05) is 18.7 Å². The van der Waals surface area contributed by atoms with Crippen LogP contribution in [0.5, 0.6) is 0 Å². The second kappa shape index (κ2) is 7.96. The Morgan fingerprint density at radius 3 is 2.58 bits per heavy atom. The molecule has 26 heavy (non-hydrogen) atoms. The molecule has 1 saturated heterocycles. The Morgan fingerprint density at radius 1 is 1.19 bits per heavy atom. The van der Waals surface area contributed by atoms with Gasteiger partial charge in [-0.05, 0) is 58.3 Å².